The van der Waals surface area contributed by atoms with Crippen LogP contribution in [0.2, 0.25) is 0 Å². The van der Waals surface area contributed by atoms with Gasteiger partial charge >= 0.3 is 5.69 Å². The Morgan fingerprint density at radius 3 is 2.42 bits per heavy atom. The van der Waals surface area contributed by atoms with Crippen LogP contribution in [0.25, 0.3) is 0 Å². The predicted octanol–water partition coefficient (Wildman–Crippen LogP) is -0.728. The first-order chi connectivity index (χ1) is 5.52. The normalized spacial score (nSPS) is 9.83. The van der Waals surface area contributed by atoms with Gasteiger partial charge in [-0.15, -0.1) is 0 Å². The zero-order valence-corrected chi connectivity index (χ0v) is 6.44. The molecule has 0 aromatic carbocycles. The van der Waals surface area contributed by atoms with E-state index in [0.717, 1.165) is 0 Å². The molecule has 7 heteroatoms. The fourth-order valence-corrected chi connectivity index (χ4v) is 0.773. The van der Waals surface area contributed by atoms with Crippen molar-refractivity contribution in [3.63, 3.8) is 0 Å². The number of carbonyl (C=O) groups is 1. The van der Waals surface area contributed by atoms with Crippen LogP contribution in [0.15, 0.2) is 9.59 Å². The molecular formula is C5H3FN2O3S. The number of hydrogen-bond donors (Lipinski definition) is 3. The first-order valence-electron chi connectivity index (χ1n) is 2.77. The Hall–Kier alpha value is -1.37. The summed E-state index contributed by atoms with van der Waals surface area (Å²) in [6.07, 6.45) is 0. The summed E-state index contributed by atoms with van der Waals surface area (Å²) in [5.41, 5.74) is -2.91. The number of aromatic amines is 2. The first-order valence-corrected chi connectivity index (χ1v) is 3.22. The van der Waals surface area contributed by atoms with E-state index in [0.29, 0.717) is 0 Å². The Morgan fingerprint density at radius 2 is 1.92 bits per heavy atom. The lowest BCUT2D eigenvalue weighted by atomic mass is 10.4. The number of carbonyl (C=O) groups excluding carboxylic acids is 1. The van der Waals surface area contributed by atoms with E-state index in [1.54, 1.807) is 9.97 Å². The summed E-state index contributed by atoms with van der Waals surface area (Å²) < 4.78 is 12.6. The quantitative estimate of drug-likeness (QED) is 0.510. The molecule has 0 spiro atoms. The van der Waals surface area contributed by atoms with E-state index < -0.39 is 27.9 Å². The third-order valence-electron chi connectivity index (χ3n) is 1.10. The highest BCUT2D eigenvalue weighted by Crippen LogP contribution is 1.98. The molecule has 2 N–H and O–H groups in total. The third-order valence-corrected chi connectivity index (χ3v) is 1.32. The lowest BCUT2D eigenvalue weighted by molar-refractivity contribution is 0.108. The van der Waals surface area contributed by atoms with Crippen molar-refractivity contribution < 1.29 is 9.18 Å². The number of hydrogen-bond acceptors (Lipinski definition) is 3. The van der Waals surface area contributed by atoms with E-state index in [9.17, 15) is 18.8 Å². The van der Waals surface area contributed by atoms with Gasteiger partial charge in [0.25, 0.3) is 5.56 Å². The van der Waals surface area contributed by atoms with E-state index in [4.69, 9.17) is 0 Å². The Kier molecular flexibility index (Phi) is 2.13. The van der Waals surface area contributed by atoms with Gasteiger partial charge < -0.3 is 4.98 Å². The highest BCUT2D eigenvalue weighted by atomic mass is 32.1. The van der Waals surface area contributed by atoms with Crippen molar-refractivity contribution in [3.8, 4) is 0 Å². The molecule has 12 heavy (non-hydrogen) atoms. The number of aromatic nitrogens is 2. The number of halogens is 1. The highest BCUT2D eigenvalue weighted by molar-refractivity contribution is 7.97. The van der Waals surface area contributed by atoms with Crippen molar-refractivity contribution in [1.29, 1.82) is 0 Å². The van der Waals surface area contributed by atoms with Gasteiger partial charge in [0.05, 0.1) is 0 Å². The maximum Gasteiger partial charge on any atom is 0.326 e. The molecule has 0 radical (unpaired) electrons. The molecule has 1 aromatic heterocycles. The Balaban J connectivity index is 3.59. The maximum atomic E-state index is 12.6. The molecular weight excluding hydrogens is 187 g/mol. The van der Waals surface area contributed by atoms with Gasteiger partial charge in [-0.2, -0.15) is 4.39 Å². The van der Waals surface area contributed by atoms with Crippen molar-refractivity contribution in [3.05, 3.63) is 32.3 Å². The molecule has 0 aliphatic rings. The zero-order valence-electron chi connectivity index (χ0n) is 5.55. The molecule has 0 saturated heterocycles. The fourth-order valence-electron chi connectivity index (χ4n) is 0.619. The van der Waals surface area contributed by atoms with Gasteiger partial charge in [0.15, 0.2) is 0 Å². The predicted molar refractivity (Wildman–Crippen MR) is 41.0 cm³/mol. The molecule has 0 amide bonds. The Morgan fingerprint density at radius 1 is 1.33 bits per heavy atom. The average Bonchev–Trinajstić information content (AvgIpc) is 1.96. The largest absolute Gasteiger partial charge is 0.326 e. The molecule has 0 aliphatic carbocycles. The van der Waals surface area contributed by atoms with Gasteiger partial charge in [-0.1, -0.05) is 12.6 Å². The fraction of sp³-hybridized carbons (Fsp3) is 0. The molecule has 5 nitrogen and oxygen atoms in total. The molecule has 64 valence electrons. The van der Waals surface area contributed by atoms with E-state index in [-0.39, 0.29) is 0 Å². The minimum atomic E-state index is -1.34. The lowest BCUT2D eigenvalue weighted by Crippen LogP contribution is -2.28. The van der Waals surface area contributed by atoms with Gasteiger partial charge in [-0.3, -0.25) is 14.6 Å². The van der Waals surface area contributed by atoms with Crippen LogP contribution in [0.4, 0.5) is 4.39 Å². The summed E-state index contributed by atoms with van der Waals surface area (Å²) in [6.45, 7) is 0. The minimum Gasteiger partial charge on any atom is -0.301 e. The first kappa shape index (κ1) is 8.72. The van der Waals surface area contributed by atoms with E-state index >= 15 is 0 Å². The molecule has 0 bridgehead atoms. The van der Waals surface area contributed by atoms with E-state index in [1.807, 2.05) is 0 Å². The van der Waals surface area contributed by atoms with Crippen LogP contribution in [-0.4, -0.2) is 15.1 Å². The van der Waals surface area contributed by atoms with Crippen LogP contribution in [-0.2, 0) is 0 Å². The van der Waals surface area contributed by atoms with Crippen LogP contribution in [0, 0.1) is 5.82 Å². The third kappa shape index (κ3) is 1.45. The summed E-state index contributed by atoms with van der Waals surface area (Å²) in [5.74, 6) is -1.34. The lowest BCUT2D eigenvalue weighted by Gasteiger charge is -1.93. The monoisotopic (exact) mass is 190 g/mol. The van der Waals surface area contributed by atoms with E-state index in [1.165, 1.54) is 0 Å². The van der Waals surface area contributed by atoms with Gasteiger partial charge in [-0.05, 0) is 0 Å². The topological polar surface area (TPSA) is 82.8 Å². The maximum absolute atomic E-state index is 12.6. The molecule has 0 unspecified atom stereocenters. The summed E-state index contributed by atoms with van der Waals surface area (Å²) in [5, 5.41) is -1.00. The summed E-state index contributed by atoms with van der Waals surface area (Å²) in [4.78, 5) is 34.9. The van der Waals surface area contributed by atoms with Crippen molar-refractivity contribution in [1.82, 2.24) is 9.97 Å². The Bertz CT molecular complexity index is 435. The van der Waals surface area contributed by atoms with Crippen molar-refractivity contribution >= 4 is 17.7 Å². The standard InChI is InChI=1S/C5H3FN2O3S/c6-1-2(4(10)12)7-5(11)8-3(1)9/h(H,10,12)(H2,7,8,9,11). The van der Waals surface area contributed by atoms with E-state index in [2.05, 4.69) is 12.6 Å². The SMILES string of the molecule is O=C(S)c1[nH]c(=O)[nH]c(=O)c1F. The highest BCUT2D eigenvalue weighted by Gasteiger charge is 2.12. The van der Waals surface area contributed by atoms with Crippen LogP contribution < -0.4 is 11.2 Å². The Labute approximate surface area is 70.0 Å². The van der Waals surface area contributed by atoms with Gasteiger partial charge in [0, 0.05) is 0 Å². The summed E-state index contributed by atoms with van der Waals surface area (Å²) >= 11 is 3.25. The van der Waals surface area contributed by atoms with Gasteiger partial charge in [-0.25, -0.2) is 4.79 Å². The second-order valence-corrected chi connectivity index (χ2v) is 2.31. The molecule has 1 heterocycles. The molecule has 0 saturated carbocycles. The van der Waals surface area contributed by atoms with Crippen LogP contribution in [0.3, 0.4) is 0 Å². The van der Waals surface area contributed by atoms with Crippen LogP contribution >= 0.6 is 12.6 Å². The number of nitrogens with one attached hydrogen (secondary N) is 2. The number of thiol groups is 1. The zero-order chi connectivity index (χ0) is 9.30. The molecule has 0 atom stereocenters. The smallest absolute Gasteiger partial charge is 0.301 e. The van der Waals surface area contributed by atoms with Crippen molar-refractivity contribution in [2.75, 3.05) is 0 Å². The molecule has 0 aliphatic heterocycles. The van der Waals surface area contributed by atoms with Crippen molar-refractivity contribution in [2.24, 2.45) is 0 Å². The summed E-state index contributed by atoms with van der Waals surface area (Å²) in [7, 11) is 0. The van der Waals surface area contributed by atoms with Gasteiger partial charge in [0.1, 0.15) is 5.69 Å². The minimum absolute atomic E-state index is 0.730. The number of H-pyrrole nitrogens is 2. The molecule has 1 aromatic rings. The molecule has 0 fully saturated rings. The molecule has 1 rings (SSSR count). The van der Waals surface area contributed by atoms with Crippen LogP contribution in [0.5, 0.6) is 0 Å². The van der Waals surface area contributed by atoms with Crippen molar-refractivity contribution in [2.45, 2.75) is 0 Å². The number of rotatable bonds is 1. The second-order valence-electron chi connectivity index (χ2n) is 1.90. The second kappa shape index (κ2) is 2.94. The van der Waals surface area contributed by atoms with Gasteiger partial charge in [0.2, 0.25) is 10.9 Å². The summed E-state index contributed by atoms with van der Waals surface area (Å²) in [6, 6.07) is 0. The average molecular weight is 190 g/mol. The van der Waals surface area contributed by atoms with Crippen LogP contribution in [0.1, 0.15) is 10.5 Å².